The van der Waals surface area contributed by atoms with Crippen LogP contribution in [0.2, 0.25) is 0 Å². The Balaban J connectivity index is 1.86. The number of nitriles is 1. The molecule has 0 saturated carbocycles. The van der Waals surface area contributed by atoms with E-state index in [-0.39, 0.29) is 0 Å². The summed E-state index contributed by atoms with van der Waals surface area (Å²) in [4.78, 5) is 24.3. The summed E-state index contributed by atoms with van der Waals surface area (Å²) in [7, 11) is 0. The van der Waals surface area contributed by atoms with Crippen LogP contribution in [-0.2, 0) is 20.7 Å². The smallest absolute Gasteiger partial charge is 0.347 e. The average molecular weight is 366 g/mol. The van der Waals surface area contributed by atoms with Gasteiger partial charge in [0.25, 0.3) is 5.91 Å². The summed E-state index contributed by atoms with van der Waals surface area (Å²) in [5.41, 5.74) is 2.30. The maximum Gasteiger partial charge on any atom is 0.347 e. The third-order valence-electron chi connectivity index (χ3n) is 3.92. The Labute approximate surface area is 158 Å². The van der Waals surface area contributed by atoms with E-state index in [0.29, 0.717) is 17.0 Å². The maximum atomic E-state index is 12.2. The summed E-state index contributed by atoms with van der Waals surface area (Å²) in [6.07, 6.45) is -0.938. The number of hydrogen-bond donors (Lipinski definition) is 1. The number of carbonyl (C=O) groups excluding carboxylic acids is 2. The number of rotatable bonds is 7. The van der Waals surface area contributed by atoms with Crippen LogP contribution in [0.5, 0.6) is 5.75 Å². The molecule has 0 fully saturated rings. The molecule has 0 heterocycles. The van der Waals surface area contributed by atoms with Crippen LogP contribution in [0.4, 0.5) is 5.69 Å². The van der Waals surface area contributed by atoms with Crippen molar-refractivity contribution < 1.29 is 19.1 Å². The molecule has 1 N–H and O–H groups in total. The molecule has 0 aliphatic carbocycles. The highest BCUT2D eigenvalue weighted by molar-refractivity contribution is 5.95. The highest BCUT2D eigenvalue weighted by Crippen LogP contribution is 2.15. The predicted molar refractivity (Wildman–Crippen MR) is 101 cm³/mol. The number of esters is 1. The second-order valence-electron chi connectivity index (χ2n) is 6.02. The van der Waals surface area contributed by atoms with Gasteiger partial charge in [-0.05, 0) is 62.2 Å². The third-order valence-corrected chi connectivity index (χ3v) is 3.92. The third kappa shape index (κ3) is 5.86. The van der Waals surface area contributed by atoms with Crippen molar-refractivity contribution in [1.82, 2.24) is 0 Å². The normalized spacial score (nSPS) is 12.4. The number of nitrogens with zero attached hydrogens (tertiary/aromatic N) is 1. The van der Waals surface area contributed by atoms with Gasteiger partial charge in [-0.1, -0.05) is 19.1 Å². The molecule has 0 spiro atoms. The molecule has 0 bridgehead atoms. The fourth-order valence-electron chi connectivity index (χ4n) is 2.25. The average Bonchev–Trinajstić information content (AvgIpc) is 2.68. The molecule has 2 aromatic rings. The fraction of sp³-hybridized carbons (Fsp3) is 0.286. The summed E-state index contributed by atoms with van der Waals surface area (Å²) in [5.74, 6) is -0.631. The largest absolute Gasteiger partial charge is 0.479 e. The Morgan fingerprint density at radius 3 is 2.22 bits per heavy atom. The minimum absolute atomic E-state index is 0.418. The van der Waals surface area contributed by atoms with E-state index in [1.54, 1.807) is 24.3 Å². The Hall–Kier alpha value is -3.33. The molecule has 0 unspecified atom stereocenters. The topological polar surface area (TPSA) is 88.4 Å². The van der Waals surface area contributed by atoms with E-state index in [2.05, 4.69) is 12.2 Å². The van der Waals surface area contributed by atoms with Crippen LogP contribution in [0.15, 0.2) is 48.5 Å². The molecule has 6 nitrogen and oxygen atoms in total. The molecular formula is C21H22N2O4. The van der Waals surface area contributed by atoms with Crippen LogP contribution in [0.25, 0.3) is 0 Å². The van der Waals surface area contributed by atoms with Crippen LogP contribution < -0.4 is 10.1 Å². The minimum Gasteiger partial charge on any atom is -0.479 e. The molecule has 0 saturated heterocycles. The van der Waals surface area contributed by atoms with Gasteiger partial charge in [0, 0.05) is 5.69 Å². The second-order valence-corrected chi connectivity index (χ2v) is 6.02. The van der Waals surface area contributed by atoms with Crippen molar-refractivity contribution in [3.05, 3.63) is 59.7 Å². The number of hydrogen-bond acceptors (Lipinski definition) is 5. The molecule has 2 aromatic carbocycles. The molecule has 0 aliphatic heterocycles. The fourth-order valence-corrected chi connectivity index (χ4v) is 2.25. The summed E-state index contributed by atoms with van der Waals surface area (Å²) >= 11 is 0. The highest BCUT2D eigenvalue weighted by Gasteiger charge is 2.23. The van der Waals surface area contributed by atoms with Gasteiger partial charge in [0.1, 0.15) is 5.75 Å². The van der Waals surface area contributed by atoms with Gasteiger partial charge < -0.3 is 14.8 Å². The molecule has 27 heavy (non-hydrogen) atoms. The Bertz CT molecular complexity index is 823. The van der Waals surface area contributed by atoms with Gasteiger partial charge in [0.2, 0.25) is 0 Å². The lowest BCUT2D eigenvalue weighted by atomic mass is 10.1. The van der Waals surface area contributed by atoms with Crippen LogP contribution in [-0.4, -0.2) is 24.1 Å². The van der Waals surface area contributed by atoms with Gasteiger partial charge in [-0.25, -0.2) is 4.79 Å². The first-order valence-corrected chi connectivity index (χ1v) is 8.70. The summed E-state index contributed by atoms with van der Waals surface area (Å²) < 4.78 is 10.7. The zero-order valence-electron chi connectivity index (χ0n) is 15.6. The molecule has 140 valence electrons. The highest BCUT2D eigenvalue weighted by atomic mass is 16.6. The number of ether oxygens (including phenoxy) is 2. The Morgan fingerprint density at radius 1 is 1.04 bits per heavy atom. The van der Waals surface area contributed by atoms with E-state index in [9.17, 15) is 9.59 Å². The van der Waals surface area contributed by atoms with Crippen LogP contribution in [0.1, 0.15) is 31.9 Å². The first kappa shape index (κ1) is 20.0. The quantitative estimate of drug-likeness (QED) is 0.758. The van der Waals surface area contributed by atoms with E-state index in [1.807, 2.05) is 30.3 Å². The molecule has 0 radical (unpaired) electrons. The van der Waals surface area contributed by atoms with Crippen molar-refractivity contribution in [2.24, 2.45) is 0 Å². The van der Waals surface area contributed by atoms with Crippen LogP contribution in [0.3, 0.4) is 0 Å². The number of benzene rings is 2. The lowest BCUT2D eigenvalue weighted by Gasteiger charge is -2.18. The maximum absolute atomic E-state index is 12.2. The second kappa shape index (κ2) is 9.39. The monoisotopic (exact) mass is 366 g/mol. The first-order chi connectivity index (χ1) is 12.9. The van der Waals surface area contributed by atoms with Gasteiger partial charge in [0.05, 0.1) is 11.6 Å². The van der Waals surface area contributed by atoms with E-state index in [4.69, 9.17) is 14.7 Å². The van der Waals surface area contributed by atoms with E-state index in [1.165, 1.54) is 19.4 Å². The van der Waals surface area contributed by atoms with Crippen molar-refractivity contribution in [3.8, 4) is 11.8 Å². The predicted octanol–water partition coefficient (Wildman–Crippen LogP) is 3.46. The van der Waals surface area contributed by atoms with Gasteiger partial charge in [0.15, 0.2) is 12.2 Å². The zero-order chi connectivity index (χ0) is 19.8. The number of carbonyl (C=O) groups is 2. The zero-order valence-corrected chi connectivity index (χ0v) is 15.6. The molecular weight excluding hydrogens is 344 g/mol. The van der Waals surface area contributed by atoms with E-state index < -0.39 is 24.1 Å². The van der Waals surface area contributed by atoms with Crippen LogP contribution >= 0.6 is 0 Å². The van der Waals surface area contributed by atoms with Crippen molar-refractivity contribution in [1.29, 1.82) is 5.26 Å². The van der Waals surface area contributed by atoms with Gasteiger partial charge in [-0.2, -0.15) is 5.26 Å². The lowest BCUT2D eigenvalue weighted by molar-refractivity contribution is -0.159. The number of nitrogens with one attached hydrogen (secondary N) is 1. The van der Waals surface area contributed by atoms with Crippen molar-refractivity contribution in [3.63, 3.8) is 0 Å². The molecule has 1 amide bonds. The van der Waals surface area contributed by atoms with Gasteiger partial charge in [-0.3, -0.25) is 4.79 Å². The summed E-state index contributed by atoms with van der Waals surface area (Å²) in [5, 5.41) is 11.5. The van der Waals surface area contributed by atoms with Gasteiger partial charge >= 0.3 is 5.97 Å². The standard InChI is InChI=1S/C21H22N2O4/c1-4-16-5-9-18(10-6-16)23-20(24)14(2)27-21(25)15(3)26-19-11-7-17(13-22)8-12-19/h5-12,14-15H,4H2,1-3H3,(H,23,24)/t14-,15+/m1/s1. The van der Waals surface area contributed by atoms with Crippen molar-refractivity contribution in [2.45, 2.75) is 39.4 Å². The molecule has 0 aromatic heterocycles. The molecule has 2 atom stereocenters. The number of amides is 1. The van der Waals surface area contributed by atoms with E-state index >= 15 is 0 Å². The van der Waals surface area contributed by atoms with Crippen molar-refractivity contribution in [2.75, 3.05) is 5.32 Å². The Morgan fingerprint density at radius 2 is 1.67 bits per heavy atom. The first-order valence-electron chi connectivity index (χ1n) is 8.70. The Kier molecular flexibility index (Phi) is 6.95. The van der Waals surface area contributed by atoms with Gasteiger partial charge in [-0.15, -0.1) is 0 Å². The number of aryl methyl sites for hydroxylation is 1. The lowest BCUT2D eigenvalue weighted by Crippen LogP contribution is -2.35. The molecule has 6 heteroatoms. The molecule has 0 aliphatic rings. The van der Waals surface area contributed by atoms with E-state index in [0.717, 1.165) is 6.42 Å². The summed E-state index contributed by atoms with van der Waals surface area (Å²) in [6, 6.07) is 15.9. The SMILES string of the molecule is CCc1ccc(NC(=O)[C@@H](C)OC(=O)[C@H](C)Oc2ccc(C#N)cc2)cc1. The molecule has 2 rings (SSSR count). The number of anilines is 1. The minimum atomic E-state index is -0.963. The van der Waals surface area contributed by atoms with Crippen LogP contribution in [0, 0.1) is 11.3 Å². The van der Waals surface area contributed by atoms with Crippen molar-refractivity contribution >= 4 is 17.6 Å². The summed E-state index contributed by atoms with van der Waals surface area (Å²) in [6.45, 7) is 5.09.